The van der Waals surface area contributed by atoms with E-state index in [-0.39, 0.29) is 11.4 Å². The molecular weight excluding hydrogens is 216 g/mol. The van der Waals surface area contributed by atoms with Crippen molar-refractivity contribution in [3.8, 4) is 0 Å². The predicted molar refractivity (Wildman–Crippen MR) is 65.6 cm³/mol. The largest absolute Gasteiger partial charge is 0.335 e. The average molecular weight is 236 g/mol. The van der Waals surface area contributed by atoms with E-state index in [0.717, 1.165) is 5.69 Å². The topological polar surface area (TPSA) is 64.2 Å². The van der Waals surface area contributed by atoms with Gasteiger partial charge in [0.2, 0.25) is 0 Å². The van der Waals surface area contributed by atoms with Gasteiger partial charge in [0.1, 0.15) is 0 Å². The molecule has 2 N–H and O–H groups in total. The van der Waals surface area contributed by atoms with Crippen molar-refractivity contribution in [2.45, 2.75) is 26.3 Å². The van der Waals surface area contributed by atoms with Crippen molar-refractivity contribution in [2.75, 3.05) is 13.1 Å². The Morgan fingerprint density at radius 2 is 2.12 bits per heavy atom. The molecule has 1 aliphatic heterocycles. The number of hydrogen-bond donors (Lipinski definition) is 1. The molecule has 0 saturated carbocycles. The van der Waals surface area contributed by atoms with Crippen LogP contribution >= 0.6 is 0 Å². The van der Waals surface area contributed by atoms with Crippen LogP contribution in [0, 0.1) is 12.8 Å². The summed E-state index contributed by atoms with van der Waals surface area (Å²) in [5.74, 6) is 0.430. The molecule has 2 heterocycles. The van der Waals surface area contributed by atoms with E-state index in [0.29, 0.717) is 24.6 Å². The first kappa shape index (κ1) is 12.1. The molecule has 0 unspecified atom stereocenters. The maximum absolute atomic E-state index is 12.2. The Balaban J connectivity index is 2.08. The van der Waals surface area contributed by atoms with Crippen molar-refractivity contribution in [1.29, 1.82) is 0 Å². The van der Waals surface area contributed by atoms with E-state index in [4.69, 9.17) is 5.73 Å². The summed E-state index contributed by atoms with van der Waals surface area (Å²) in [4.78, 5) is 14.0. The van der Waals surface area contributed by atoms with Gasteiger partial charge in [0.15, 0.2) is 0 Å². The van der Waals surface area contributed by atoms with Crippen molar-refractivity contribution in [2.24, 2.45) is 18.7 Å². The van der Waals surface area contributed by atoms with Crippen LogP contribution in [0.25, 0.3) is 0 Å². The normalized spacial score (nSPS) is 18.4. The first-order valence-corrected chi connectivity index (χ1v) is 5.92. The number of carbonyl (C=O) groups is 1. The van der Waals surface area contributed by atoms with Gasteiger partial charge in [-0.25, -0.2) is 0 Å². The van der Waals surface area contributed by atoms with E-state index in [1.807, 2.05) is 14.0 Å². The summed E-state index contributed by atoms with van der Waals surface area (Å²) in [5, 5.41) is 4.18. The van der Waals surface area contributed by atoms with Crippen molar-refractivity contribution in [3.05, 3.63) is 17.5 Å². The first-order valence-electron chi connectivity index (χ1n) is 5.92. The number of carbonyl (C=O) groups excluding carboxylic acids is 1. The highest BCUT2D eigenvalue weighted by atomic mass is 16.2. The molecule has 5 heteroatoms. The highest BCUT2D eigenvalue weighted by Crippen LogP contribution is 2.27. The van der Waals surface area contributed by atoms with E-state index in [1.54, 1.807) is 15.8 Å². The summed E-state index contributed by atoms with van der Waals surface area (Å²) in [5.41, 5.74) is 7.42. The van der Waals surface area contributed by atoms with Crippen molar-refractivity contribution >= 4 is 5.91 Å². The van der Waals surface area contributed by atoms with Crippen LogP contribution in [0.5, 0.6) is 0 Å². The average Bonchev–Trinajstić information content (AvgIpc) is 2.51. The standard InChI is InChI=1S/C12H20N4O/c1-8(2)12(13)6-16(7-12)11(17)10-5-15(4)14-9(10)3/h5,8H,6-7,13H2,1-4H3. The molecule has 1 fully saturated rings. The number of aryl methyl sites for hydroxylation is 2. The fourth-order valence-corrected chi connectivity index (χ4v) is 2.15. The molecule has 94 valence electrons. The second-order valence-electron chi connectivity index (χ2n) is 5.35. The summed E-state index contributed by atoms with van der Waals surface area (Å²) in [6.07, 6.45) is 1.77. The van der Waals surface area contributed by atoms with Gasteiger partial charge in [-0.1, -0.05) is 13.8 Å². The van der Waals surface area contributed by atoms with Crippen LogP contribution in [0.1, 0.15) is 29.9 Å². The molecule has 1 aliphatic rings. The zero-order valence-electron chi connectivity index (χ0n) is 10.9. The van der Waals surface area contributed by atoms with Crippen LogP contribution in [-0.2, 0) is 7.05 Å². The molecule has 1 aromatic rings. The Kier molecular flexibility index (Phi) is 2.73. The molecular formula is C12H20N4O. The Bertz CT molecular complexity index is 443. The molecule has 2 rings (SSSR count). The molecule has 1 saturated heterocycles. The van der Waals surface area contributed by atoms with Gasteiger partial charge in [-0.05, 0) is 12.8 Å². The van der Waals surface area contributed by atoms with E-state index < -0.39 is 0 Å². The number of likely N-dealkylation sites (tertiary alicyclic amines) is 1. The summed E-state index contributed by atoms with van der Waals surface area (Å²) < 4.78 is 1.67. The Morgan fingerprint density at radius 3 is 2.53 bits per heavy atom. The summed E-state index contributed by atoms with van der Waals surface area (Å²) >= 11 is 0. The molecule has 17 heavy (non-hydrogen) atoms. The molecule has 1 aromatic heterocycles. The number of nitrogens with zero attached hydrogens (tertiary/aromatic N) is 3. The molecule has 0 atom stereocenters. The second-order valence-corrected chi connectivity index (χ2v) is 5.35. The maximum atomic E-state index is 12.2. The zero-order valence-corrected chi connectivity index (χ0v) is 10.9. The van der Waals surface area contributed by atoms with Gasteiger partial charge in [-0.3, -0.25) is 9.48 Å². The van der Waals surface area contributed by atoms with E-state index in [2.05, 4.69) is 18.9 Å². The SMILES string of the molecule is Cc1nn(C)cc1C(=O)N1CC(N)(C(C)C)C1. The van der Waals surface area contributed by atoms with Crippen LogP contribution in [-0.4, -0.2) is 39.2 Å². The van der Waals surface area contributed by atoms with Crippen LogP contribution in [0.3, 0.4) is 0 Å². The van der Waals surface area contributed by atoms with Gasteiger partial charge >= 0.3 is 0 Å². The van der Waals surface area contributed by atoms with E-state index >= 15 is 0 Å². The summed E-state index contributed by atoms with van der Waals surface area (Å²) in [6.45, 7) is 7.31. The first-order chi connectivity index (χ1) is 7.83. The maximum Gasteiger partial charge on any atom is 0.257 e. The molecule has 0 aromatic carbocycles. The van der Waals surface area contributed by atoms with E-state index in [1.165, 1.54) is 0 Å². The van der Waals surface area contributed by atoms with Gasteiger partial charge in [0.25, 0.3) is 5.91 Å². The zero-order chi connectivity index (χ0) is 12.8. The van der Waals surface area contributed by atoms with Crippen LogP contribution in [0.4, 0.5) is 0 Å². The summed E-state index contributed by atoms with van der Waals surface area (Å²) in [7, 11) is 1.82. The minimum atomic E-state index is -0.216. The van der Waals surface area contributed by atoms with E-state index in [9.17, 15) is 4.79 Å². The van der Waals surface area contributed by atoms with Crippen molar-refractivity contribution in [1.82, 2.24) is 14.7 Å². The van der Waals surface area contributed by atoms with Crippen LogP contribution in [0.15, 0.2) is 6.20 Å². The third-order valence-corrected chi connectivity index (χ3v) is 3.65. The number of aromatic nitrogens is 2. The molecule has 0 bridgehead atoms. The lowest BCUT2D eigenvalue weighted by molar-refractivity contribution is 0.0274. The Morgan fingerprint density at radius 1 is 1.53 bits per heavy atom. The van der Waals surface area contributed by atoms with Gasteiger partial charge in [-0.15, -0.1) is 0 Å². The fraction of sp³-hybridized carbons (Fsp3) is 0.667. The predicted octanol–water partition coefficient (Wildman–Crippen LogP) is 0.538. The highest BCUT2D eigenvalue weighted by molar-refractivity contribution is 5.95. The highest BCUT2D eigenvalue weighted by Gasteiger charge is 2.44. The minimum absolute atomic E-state index is 0.0392. The molecule has 1 amide bonds. The number of hydrogen-bond acceptors (Lipinski definition) is 3. The van der Waals surface area contributed by atoms with Gasteiger partial charge in [0.05, 0.1) is 16.8 Å². The second kappa shape index (κ2) is 3.84. The number of rotatable bonds is 2. The minimum Gasteiger partial charge on any atom is -0.335 e. The number of amides is 1. The lowest BCUT2D eigenvalue weighted by Gasteiger charge is -2.50. The third kappa shape index (κ3) is 1.95. The molecule has 5 nitrogen and oxygen atoms in total. The molecule has 0 spiro atoms. The van der Waals surface area contributed by atoms with Crippen LogP contribution < -0.4 is 5.73 Å². The monoisotopic (exact) mass is 236 g/mol. The van der Waals surface area contributed by atoms with Gasteiger partial charge in [-0.2, -0.15) is 5.10 Å². The quantitative estimate of drug-likeness (QED) is 0.815. The lowest BCUT2D eigenvalue weighted by atomic mass is 9.80. The molecule has 0 aliphatic carbocycles. The van der Waals surface area contributed by atoms with Gasteiger partial charge in [0, 0.05) is 26.3 Å². The summed E-state index contributed by atoms with van der Waals surface area (Å²) in [6, 6.07) is 0. The Hall–Kier alpha value is -1.36. The fourth-order valence-electron chi connectivity index (χ4n) is 2.15. The lowest BCUT2D eigenvalue weighted by Crippen LogP contribution is -2.71. The van der Waals surface area contributed by atoms with Crippen molar-refractivity contribution in [3.63, 3.8) is 0 Å². The molecule has 0 radical (unpaired) electrons. The number of nitrogens with two attached hydrogens (primary N) is 1. The van der Waals surface area contributed by atoms with Crippen LogP contribution in [0.2, 0.25) is 0 Å². The van der Waals surface area contributed by atoms with Gasteiger partial charge < -0.3 is 10.6 Å². The third-order valence-electron chi connectivity index (χ3n) is 3.65. The Labute approximate surface area is 102 Å². The smallest absolute Gasteiger partial charge is 0.257 e. The van der Waals surface area contributed by atoms with Crippen molar-refractivity contribution < 1.29 is 4.79 Å².